The summed E-state index contributed by atoms with van der Waals surface area (Å²) in [4.78, 5) is 23.6. The van der Waals surface area contributed by atoms with Crippen molar-refractivity contribution in [3.63, 3.8) is 0 Å². The van der Waals surface area contributed by atoms with Gasteiger partial charge in [0.15, 0.2) is 5.78 Å². The summed E-state index contributed by atoms with van der Waals surface area (Å²) >= 11 is 0. The number of aromatic nitrogens is 1. The quantitative estimate of drug-likeness (QED) is 0.795. The Kier molecular flexibility index (Phi) is 3.36. The van der Waals surface area contributed by atoms with E-state index in [1.165, 1.54) is 12.3 Å². The second-order valence-electron chi connectivity index (χ2n) is 5.71. The number of halogens is 3. The summed E-state index contributed by atoms with van der Waals surface area (Å²) in [5.41, 5.74) is -2.43. The molecule has 2 rings (SSSR count). The van der Waals surface area contributed by atoms with Crippen LogP contribution in [0, 0.1) is 5.41 Å². The van der Waals surface area contributed by atoms with Crippen LogP contribution in [-0.2, 0) is 11.0 Å². The molecule has 0 aliphatic heterocycles. The van der Waals surface area contributed by atoms with E-state index in [1.54, 1.807) is 0 Å². The molecule has 3 nitrogen and oxygen atoms in total. The first-order chi connectivity index (χ1) is 9.10. The molecule has 1 aliphatic carbocycles. The van der Waals surface area contributed by atoms with Crippen molar-refractivity contribution in [2.75, 3.05) is 0 Å². The van der Waals surface area contributed by atoms with Crippen LogP contribution in [0.25, 0.3) is 5.70 Å². The van der Waals surface area contributed by atoms with E-state index in [0.717, 1.165) is 16.7 Å². The van der Waals surface area contributed by atoms with Crippen molar-refractivity contribution < 1.29 is 18.0 Å². The van der Waals surface area contributed by atoms with Crippen molar-refractivity contribution >= 4 is 11.5 Å². The summed E-state index contributed by atoms with van der Waals surface area (Å²) in [6, 6.07) is 1.91. The maximum absolute atomic E-state index is 12.7. The van der Waals surface area contributed by atoms with Gasteiger partial charge in [0.2, 0.25) is 0 Å². The fourth-order valence-electron chi connectivity index (χ4n) is 2.40. The molecule has 0 N–H and O–H groups in total. The molecule has 0 aromatic carbocycles. The Balaban J connectivity index is 2.55. The van der Waals surface area contributed by atoms with Crippen molar-refractivity contribution in [1.29, 1.82) is 0 Å². The van der Waals surface area contributed by atoms with Gasteiger partial charge in [-0.3, -0.25) is 14.2 Å². The monoisotopic (exact) mass is 285 g/mol. The SMILES string of the molecule is CC1(C)CC(=O)C=C(n2cccc(C(F)(F)F)c2=O)C1. The highest BCUT2D eigenvalue weighted by Crippen LogP contribution is 2.35. The van der Waals surface area contributed by atoms with E-state index >= 15 is 0 Å². The lowest BCUT2D eigenvalue weighted by atomic mass is 9.79. The Morgan fingerprint density at radius 3 is 2.40 bits per heavy atom. The number of carbonyl (C=O) groups is 1. The molecule has 1 aromatic heterocycles. The van der Waals surface area contributed by atoms with E-state index in [1.807, 2.05) is 13.8 Å². The lowest BCUT2D eigenvalue weighted by Crippen LogP contribution is -2.31. The maximum Gasteiger partial charge on any atom is 0.421 e. The average molecular weight is 285 g/mol. The number of hydrogen-bond acceptors (Lipinski definition) is 2. The first-order valence-electron chi connectivity index (χ1n) is 6.13. The Bertz CT molecular complexity index is 639. The largest absolute Gasteiger partial charge is 0.421 e. The molecule has 108 valence electrons. The smallest absolute Gasteiger partial charge is 0.295 e. The molecule has 0 saturated heterocycles. The topological polar surface area (TPSA) is 39.1 Å². The average Bonchev–Trinajstić information content (AvgIpc) is 2.24. The van der Waals surface area contributed by atoms with Crippen molar-refractivity contribution in [2.24, 2.45) is 5.41 Å². The lowest BCUT2D eigenvalue weighted by molar-refractivity contribution is -0.138. The van der Waals surface area contributed by atoms with E-state index in [9.17, 15) is 22.8 Å². The minimum atomic E-state index is -4.70. The number of nitrogens with zero attached hydrogens (tertiary/aromatic N) is 1. The van der Waals surface area contributed by atoms with Gasteiger partial charge in [-0.2, -0.15) is 13.2 Å². The van der Waals surface area contributed by atoms with Crippen LogP contribution in [0.2, 0.25) is 0 Å². The normalized spacial score (nSPS) is 18.9. The summed E-state index contributed by atoms with van der Waals surface area (Å²) in [7, 11) is 0. The number of pyridine rings is 1. The predicted molar refractivity (Wildman–Crippen MR) is 68.0 cm³/mol. The molecule has 0 saturated carbocycles. The zero-order valence-corrected chi connectivity index (χ0v) is 11.1. The van der Waals surface area contributed by atoms with Gasteiger partial charge in [-0.25, -0.2) is 0 Å². The van der Waals surface area contributed by atoms with Gasteiger partial charge in [0.25, 0.3) is 5.56 Å². The molecule has 0 bridgehead atoms. The zero-order chi connectivity index (χ0) is 15.1. The van der Waals surface area contributed by atoms with Crippen molar-refractivity contribution in [3.8, 4) is 0 Å². The van der Waals surface area contributed by atoms with Crippen LogP contribution >= 0.6 is 0 Å². The Morgan fingerprint density at radius 1 is 1.20 bits per heavy atom. The third kappa shape index (κ3) is 2.84. The summed E-state index contributed by atoms with van der Waals surface area (Å²) in [6.07, 6.45) is -1.48. The second-order valence-corrected chi connectivity index (χ2v) is 5.71. The van der Waals surface area contributed by atoms with Gasteiger partial charge < -0.3 is 0 Å². The minimum Gasteiger partial charge on any atom is -0.295 e. The first kappa shape index (κ1) is 14.6. The highest BCUT2D eigenvalue weighted by Gasteiger charge is 2.35. The van der Waals surface area contributed by atoms with E-state index in [0.29, 0.717) is 18.5 Å². The summed E-state index contributed by atoms with van der Waals surface area (Å²) in [5.74, 6) is -0.180. The molecule has 0 amide bonds. The van der Waals surface area contributed by atoms with Crippen LogP contribution in [0.5, 0.6) is 0 Å². The number of carbonyl (C=O) groups excluding carboxylic acids is 1. The van der Waals surface area contributed by atoms with Crippen molar-refractivity contribution in [1.82, 2.24) is 4.57 Å². The van der Waals surface area contributed by atoms with Gasteiger partial charge in [0, 0.05) is 24.4 Å². The molecular weight excluding hydrogens is 271 g/mol. The van der Waals surface area contributed by atoms with Crippen LogP contribution in [0.15, 0.2) is 29.2 Å². The molecule has 1 heterocycles. The second kappa shape index (κ2) is 4.61. The van der Waals surface area contributed by atoms with Crippen LogP contribution < -0.4 is 5.56 Å². The molecule has 20 heavy (non-hydrogen) atoms. The van der Waals surface area contributed by atoms with Crippen LogP contribution in [-0.4, -0.2) is 10.4 Å². The van der Waals surface area contributed by atoms with Gasteiger partial charge in [-0.15, -0.1) is 0 Å². The maximum atomic E-state index is 12.7. The van der Waals surface area contributed by atoms with E-state index in [-0.39, 0.29) is 11.2 Å². The van der Waals surface area contributed by atoms with Crippen LogP contribution in [0.1, 0.15) is 32.3 Å². The highest BCUT2D eigenvalue weighted by atomic mass is 19.4. The lowest BCUT2D eigenvalue weighted by Gasteiger charge is -2.29. The third-order valence-electron chi connectivity index (χ3n) is 3.20. The van der Waals surface area contributed by atoms with Crippen molar-refractivity contribution in [2.45, 2.75) is 32.9 Å². The molecule has 1 aliphatic rings. The number of ketones is 1. The predicted octanol–water partition coefficient (Wildman–Crippen LogP) is 3.10. The van der Waals surface area contributed by atoms with E-state index < -0.39 is 17.3 Å². The molecule has 1 aromatic rings. The van der Waals surface area contributed by atoms with E-state index in [2.05, 4.69) is 0 Å². The van der Waals surface area contributed by atoms with Gasteiger partial charge >= 0.3 is 6.18 Å². The standard InChI is InChI=1S/C14H14F3NO2/c1-13(2)7-9(6-10(19)8-13)18-5-3-4-11(12(18)20)14(15,16)17/h3-6H,7-8H2,1-2H3. The van der Waals surface area contributed by atoms with Crippen LogP contribution in [0.3, 0.4) is 0 Å². The molecule has 0 spiro atoms. The molecule has 0 fully saturated rings. The minimum absolute atomic E-state index is 0.180. The molecule has 6 heteroatoms. The molecule has 0 unspecified atom stereocenters. The highest BCUT2D eigenvalue weighted by molar-refractivity contribution is 5.96. The van der Waals surface area contributed by atoms with Crippen LogP contribution in [0.4, 0.5) is 13.2 Å². The summed E-state index contributed by atoms with van der Waals surface area (Å²) < 4.78 is 39.1. The Labute approximate surface area is 113 Å². The summed E-state index contributed by atoms with van der Waals surface area (Å²) in [6.45, 7) is 3.69. The fraction of sp³-hybridized carbons (Fsp3) is 0.429. The fourth-order valence-corrected chi connectivity index (χ4v) is 2.40. The number of alkyl halides is 3. The van der Waals surface area contributed by atoms with Gasteiger partial charge in [-0.05, 0) is 24.0 Å². The van der Waals surface area contributed by atoms with Gasteiger partial charge in [-0.1, -0.05) is 13.8 Å². The number of hydrogen-bond donors (Lipinski definition) is 0. The third-order valence-corrected chi connectivity index (χ3v) is 3.20. The van der Waals surface area contributed by atoms with E-state index in [4.69, 9.17) is 0 Å². The summed E-state index contributed by atoms with van der Waals surface area (Å²) in [5, 5.41) is 0. The molecule has 0 atom stereocenters. The zero-order valence-electron chi connectivity index (χ0n) is 11.1. The molecular formula is C14H14F3NO2. The molecule has 0 radical (unpaired) electrons. The van der Waals surface area contributed by atoms with Gasteiger partial charge in [0.1, 0.15) is 5.56 Å². The Morgan fingerprint density at radius 2 is 1.85 bits per heavy atom. The van der Waals surface area contributed by atoms with Crippen molar-refractivity contribution in [3.05, 3.63) is 40.3 Å². The first-order valence-corrected chi connectivity index (χ1v) is 6.13. The Hall–Kier alpha value is -1.85. The number of allylic oxidation sites excluding steroid dienone is 2. The number of rotatable bonds is 1. The van der Waals surface area contributed by atoms with Gasteiger partial charge in [0.05, 0.1) is 0 Å².